The van der Waals surface area contributed by atoms with Gasteiger partial charge in [0.05, 0.1) is 5.33 Å². The summed E-state index contributed by atoms with van der Waals surface area (Å²) >= 11 is 3.22. The predicted molar refractivity (Wildman–Crippen MR) is 124 cm³/mol. The summed E-state index contributed by atoms with van der Waals surface area (Å²) in [5, 5.41) is 18.5. The summed E-state index contributed by atoms with van der Waals surface area (Å²) in [6.07, 6.45) is 5.42. The van der Waals surface area contributed by atoms with Gasteiger partial charge in [0.15, 0.2) is 0 Å². The molecule has 1 saturated carbocycles. The standard InChI is InChI=1S/C23H34BrN3O3/c1-22(2,27-21(29)13-24)16-7-10-23(3,11-8-16)26-14-17(28)15-30-20-6-4-5-19-18(20)9-12-25-19/h4-6,9,12,16-17,25-26,28H,7-8,10-11,13-15H2,1-3H3,(H,27,29)/t16?,17-,23?/m0/s1. The highest BCUT2D eigenvalue weighted by molar-refractivity contribution is 9.09. The zero-order chi connectivity index (χ0) is 21.8. The van der Waals surface area contributed by atoms with Crippen LogP contribution in [0, 0.1) is 5.92 Å². The maximum absolute atomic E-state index is 11.8. The minimum atomic E-state index is -0.580. The van der Waals surface area contributed by atoms with E-state index in [1.165, 1.54) is 0 Å². The van der Waals surface area contributed by atoms with Crippen molar-refractivity contribution < 1.29 is 14.6 Å². The number of rotatable bonds is 9. The smallest absolute Gasteiger partial charge is 0.231 e. The summed E-state index contributed by atoms with van der Waals surface area (Å²) in [4.78, 5) is 15.0. The molecule has 0 spiro atoms. The molecule has 1 aromatic carbocycles. The summed E-state index contributed by atoms with van der Waals surface area (Å²) in [6.45, 7) is 7.19. The lowest BCUT2D eigenvalue weighted by molar-refractivity contribution is -0.120. The number of aliphatic hydroxyl groups is 1. The van der Waals surface area contributed by atoms with E-state index in [-0.39, 0.29) is 23.6 Å². The highest BCUT2D eigenvalue weighted by Crippen LogP contribution is 2.37. The average molecular weight is 480 g/mol. The second-order valence-electron chi connectivity index (χ2n) is 9.28. The lowest BCUT2D eigenvalue weighted by atomic mass is 9.70. The molecule has 1 amide bonds. The Balaban J connectivity index is 1.44. The third-order valence-electron chi connectivity index (χ3n) is 6.44. The van der Waals surface area contributed by atoms with Crippen LogP contribution in [-0.4, -0.2) is 51.7 Å². The van der Waals surface area contributed by atoms with Crippen LogP contribution < -0.4 is 15.4 Å². The molecule has 0 aliphatic heterocycles. The number of amides is 1. The second-order valence-corrected chi connectivity index (χ2v) is 9.84. The van der Waals surface area contributed by atoms with Crippen LogP contribution in [-0.2, 0) is 4.79 Å². The van der Waals surface area contributed by atoms with Crippen molar-refractivity contribution in [3.63, 3.8) is 0 Å². The molecule has 1 aliphatic carbocycles. The number of halogens is 1. The Morgan fingerprint density at radius 3 is 2.80 bits per heavy atom. The molecule has 2 aromatic rings. The molecule has 3 rings (SSSR count). The molecule has 7 heteroatoms. The number of ether oxygens (including phenoxy) is 1. The van der Waals surface area contributed by atoms with Gasteiger partial charge in [0.2, 0.25) is 5.91 Å². The van der Waals surface area contributed by atoms with Gasteiger partial charge in [0, 0.05) is 34.7 Å². The van der Waals surface area contributed by atoms with Gasteiger partial charge in [0.1, 0.15) is 18.5 Å². The number of aliphatic hydroxyl groups excluding tert-OH is 1. The van der Waals surface area contributed by atoms with Gasteiger partial charge in [-0.1, -0.05) is 22.0 Å². The van der Waals surface area contributed by atoms with E-state index in [0.29, 0.717) is 17.8 Å². The van der Waals surface area contributed by atoms with Crippen molar-refractivity contribution in [3.8, 4) is 5.75 Å². The Morgan fingerprint density at radius 2 is 2.10 bits per heavy atom. The molecule has 0 unspecified atom stereocenters. The van der Waals surface area contributed by atoms with Crippen molar-refractivity contribution in [2.45, 2.75) is 63.6 Å². The normalized spacial score (nSPS) is 23.3. The maximum Gasteiger partial charge on any atom is 0.231 e. The van der Waals surface area contributed by atoms with Crippen molar-refractivity contribution in [1.82, 2.24) is 15.6 Å². The van der Waals surface area contributed by atoms with Gasteiger partial charge in [-0.25, -0.2) is 0 Å². The number of aromatic amines is 1. The Labute approximate surface area is 187 Å². The molecule has 1 atom stereocenters. The highest BCUT2D eigenvalue weighted by Gasteiger charge is 2.38. The quantitative estimate of drug-likeness (QED) is 0.412. The van der Waals surface area contributed by atoms with E-state index in [9.17, 15) is 9.90 Å². The van der Waals surface area contributed by atoms with Crippen LogP contribution in [0.1, 0.15) is 46.5 Å². The van der Waals surface area contributed by atoms with E-state index in [2.05, 4.69) is 52.3 Å². The summed E-state index contributed by atoms with van der Waals surface area (Å²) in [5.41, 5.74) is 0.812. The summed E-state index contributed by atoms with van der Waals surface area (Å²) < 4.78 is 5.87. The second kappa shape index (κ2) is 9.71. The molecule has 1 aromatic heterocycles. The molecule has 6 nitrogen and oxygen atoms in total. The topological polar surface area (TPSA) is 86.4 Å². The molecule has 166 valence electrons. The lowest BCUT2D eigenvalue weighted by Crippen LogP contribution is -2.54. The third kappa shape index (κ3) is 5.77. The number of H-pyrrole nitrogens is 1. The van der Waals surface area contributed by atoms with Gasteiger partial charge >= 0.3 is 0 Å². The zero-order valence-electron chi connectivity index (χ0n) is 18.1. The number of benzene rings is 1. The molecular formula is C23H34BrN3O3. The lowest BCUT2D eigenvalue weighted by Gasteiger charge is -2.44. The zero-order valence-corrected chi connectivity index (χ0v) is 19.7. The van der Waals surface area contributed by atoms with Crippen LogP contribution in [0.5, 0.6) is 5.75 Å². The number of β-amino-alcohol motifs (C(OH)–C–C–N with tert-alkyl or cyclic N) is 1. The Bertz CT molecular complexity index is 843. The van der Waals surface area contributed by atoms with Gasteiger partial charge < -0.3 is 25.5 Å². The van der Waals surface area contributed by atoms with Crippen molar-refractivity contribution in [3.05, 3.63) is 30.5 Å². The molecule has 0 bridgehead atoms. The van der Waals surface area contributed by atoms with Gasteiger partial charge in [-0.3, -0.25) is 4.79 Å². The van der Waals surface area contributed by atoms with Crippen molar-refractivity contribution in [1.29, 1.82) is 0 Å². The molecule has 30 heavy (non-hydrogen) atoms. The van der Waals surface area contributed by atoms with E-state index in [1.54, 1.807) is 0 Å². The maximum atomic E-state index is 11.8. The first-order valence-electron chi connectivity index (χ1n) is 10.7. The average Bonchev–Trinajstić information content (AvgIpc) is 3.20. The number of fused-ring (bicyclic) bond motifs is 1. The number of aromatic nitrogens is 1. The van der Waals surface area contributed by atoms with Crippen molar-refractivity contribution >= 4 is 32.7 Å². The number of hydrogen-bond donors (Lipinski definition) is 4. The summed E-state index contributed by atoms with van der Waals surface area (Å²) in [7, 11) is 0. The van der Waals surface area contributed by atoms with Crippen molar-refractivity contribution in [2.75, 3.05) is 18.5 Å². The summed E-state index contributed by atoms with van der Waals surface area (Å²) in [5.74, 6) is 1.27. The fourth-order valence-electron chi connectivity index (χ4n) is 4.44. The monoisotopic (exact) mass is 479 g/mol. The largest absolute Gasteiger partial charge is 0.490 e. The van der Waals surface area contributed by atoms with E-state index < -0.39 is 6.10 Å². The van der Waals surface area contributed by atoms with Crippen LogP contribution in [0.2, 0.25) is 0 Å². The third-order valence-corrected chi connectivity index (χ3v) is 6.95. The molecule has 1 fully saturated rings. The Kier molecular flexibility index (Phi) is 7.47. The fraction of sp³-hybridized carbons (Fsp3) is 0.609. The number of alkyl halides is 1. The minimum absolute atomic E-state index is 0.00631. The van der Waals surface area contributed by atoms with Crippen molar-refractivity contribution in [2.24, 2.45) is 5.92 Å². The summed E-state index contributed by atoms with van der Waals surface area (Å²) in [6, 6.07) is 7.86. The van der Waals surface area contributed by atoms with Gasteiger partial charge in [-0.05, 0) is 70.6 Å². The highest BCUT2D eigenvalue weighted by atomic mass is 79.9. The molecule has 1 heterocycles. The molecule has 0 radical (unpaired) electrons. The first-order valence-corrected chi connectivity index (χ1v) is 11.8. The van der Waals surface area contributed by atoms with Crippen LogP contribution >= 0.6 is 15.9 Å². The number of hydrogen-bond acceptors (Lipinski definition) is 4. The fourth-order valence-corrected chi connectivity index (χ4v) is 4.58. The minimum Gasteiger partial charge on any atom is -0.490 e. The van der Waals surface area contributed by atoms with E-state index in [4.69, 9.17) is 4.74 Å². The van der Waals surface area contributed by atoms with Crippen LogP contribution in [0.4, 0.5) is 0 Å². The van der Waals surface area contributed by atoms with Gasteiger partial charge in [-0.15, -0.1) is 0 Å². The SMILES string of the molecule is CC1(NC[C@H](O)COc2cccc3[nH]ccc23)CCC(C(C)(C)NC(=O)CBr)CC1. The molecule has 4 N–H and O–H groups in total. The van der Waals surface area contributed by atoms with Crippen LogP contribution in [0.25, 0.3) is 10.9 Å². The van der Waals surface area contributed by atoms with E-state index >= 15 is 0 Å². The molecule has 1 aliphatic rings. The van der Waals surface area contributed by atoms with Gasteiger partial charge in [-0.2, -0.15) is 0 Å². The predicted octanol–water partition coefficient (Wildman–Crippen LogP) is 3.74. The Hall–Kier alpha value is -1.57. The molecular weight excluding hydrogens is 446 g/mol. The van der Waals surface area contributed by atoms with E-state index in [0.717, 1.165) is 42.3 Å². The number of nitrogens with one attached hydrogen (secondary N) is 3. The number of carbonyl (C=O) groups is 1. The first kappa shape index (κ1) is 23.1. The first-order chi connectivity index (χ1) is 14.2. The van der Waals surface area contributed by atoms with Gasteiger partial charge in [0.25, 0.3) is 0 Å². The number of carbonyl (C=O) groups excluding carboxylic acids is 1. The van der Waals surface area contributed by atoms with Crippen LogP contribution in [0.3, 0.4) is 0 Å². The Morgan fingerprint density at radius 1 is 1.37 bits per heavy atom. The molecule has 0 saturated heterocycles. The van der Waals surface area contributed by atoms with Crippen LogP contribution in [0.15, 0.2) is 30.5 Å². The van der Waals surface area contributed by atoms with E-state index in [1.807, 2.05) is 30.5 Å².